The van der Waals surface area contributed by atoms with Gasteiger partial charge in [0, 0.05) is 13.3 Å². The molecule has 3 saturated carbocycles. The van der Waals surface area contributed by atoms with Gasteiger partial charge in [-0.2, -0.15) is 0 Å². The Morgan fingerprint density at radius 3 is 2.58 bits per heavy atom. The number of carboxylic acids is 1. The molecular formula is C22H32O4. The summed E-state index contributed by atoms with van der Waals surface area (Å²) < 4.78 is 5.50. The highest BCUT2D eigenvalue weighted by Gasteiger charge is 2.60. The lowest BCUT2D eigenvalue weighted by Crippen LogP contribution is -2.51. The molecule has 4 heteroatoms. The zero-order valence-electron chi connectivity index (χ0n) is 16.3. The maximum atomic E-state index is 11.8. The quantitative estimate of drug-likeness (QED) is 0.578. The van der Waals surface area contributed by atoms with Gasteiger partial charge in [0.1, 0.15) is 6.10 Å². The van der Waals surface area contributed by atoms with Crippen LogP contribution in [0.3, 0.4) is 0 Å². The first kappa shape index (κ1) is 18.1. The lowest BCUT2D eigenvalue weighted by molar-refractivity contribution is -0.151. The molecule has 0 aromatic carbocycles. The van der Waals surface area contributed by atoms with Gasteiger partial charge in [0.15, 0.2) is 0 Å². The molecular weight excluding hydrogens is 328 g/mol. The molecule has 1 N–H and O–H groups in total. The summed E-state index contributed by atoms with van der Waals surface area (Å²) in [4.78, 5) is 23.1. The molecule has 0 heterocycles. The Balaban J connectivity index is 1.59. The number of ether oxygens (including phenoxy) is 1. The van der Waals surface area contributed by atoms with Gasteiger partial charge in [-0.25, -0.2) is 0 Å². The molecule has 4 rings (SSSR count). The molecule has 0 spiro atoms. The number of carboxylic acid groups (broad SMARTS) is 1. The monoisotopic (exact) mass is 360 g/mol. The number of esters is 1. The van der Waals surface area contributed by atoms with Crippen LogP contribution in [0.5, 0.6) is 0 Å². The van der Waals surface area contributed by atoms with Crippen molar-refractivity contribution in [2.75, 3.05) is 0 Å². The van der Waals surface area contributed by atoms with E-state index in [1.54, 1.807) is 0 Å². The van der Waals surface area contributed by atoms with Gasteiger partial charge in [0.25, 0.3) is 0 Å². The molecule has 0 radical (unpaired) electrons. The van der Waals surface area contributed by atoms with E-state index in [9.17, 15) is 14.7 Å². The van der Waals surface area contributed by atoms with Crippen molar-refractivity contribution in [3.05, 3.63) is 11.6 Å². The summed E-state index contributed by atoms with van der Waals surface area (Å²) in [6.07, 6.45) is 10.6. The van der Waals surface area contributed by atoms with Gasteiger partial charge in [-0.15, -0.1) is 0 Å². The van der Waals surface area contributed by atoms with Crippen LogP contribution in [0.4, 0.5) is 0 Å². The third kappa shape index (κ3) is 2.55. The van der Waals surface area contributed by atoms with E-state index in [1.165, 1.54) is 12.5 Å². The SMILES string of the molecule is CC(=O)O[C@H]1CC[C@]2(C)C(=CC[C@H]3[C@H]4CC[C@H](C(=O)O)[C@@]4(C)CC[C@@H]32)C1. The molecule has 3 fully saturated rings. The van der Waals surface area contributed by atoms with E-state index in [0.717, 1.165) is 51.4 Å². The van der Waals surface area contributed by atoms with E-state index >= 15 is 0 Å². The molecule has 0 aromatic rings. The van der Waals surface area contributed by atoms with E-state index in [-0.39, 0.29) is 28.8 Å². The van der Waals surface area contributed by atoms with Gasteiger partial charge >= 0.3 is 11.9 Å². The third-order valence-corrected chi connectivity index (χ3v) is 8.69. The first-order valence-electron chi connectivity index (χ1n) is 10.4. The molecule has 0 unspecified atom stereocenters. The van der Waals surface area contributed by atoms with Crippen molar-refractivity contribution >= 4 is 11.9 Å². The van der Waals surface area contributed by atoms with Crippen LogP contribution in [0.25, 0.3) is 0 Å². The Kier molecular flexibility index (Phi) is 4.24. The fraction of sp³-hybridized carbons (Fsp3) is 0.818. The average Bonchev–Trinajstić information content (AvgIpc) is 2.92. The Bertz CT molecular complexity index is 653. The summed E-state index contributed by atoms with van der Waals surface area (Å²) in [6, 6.07) is 0. The molecule has 0 bridgehead atoms. The third-order valence-electron chi connectivity index (χ3n) is 8.69. The van der Waals surface area contributed by atoms with Crippen LogP contribution in [0.15, 0.2) is 11.6 Å². The maximum Gasteiger partial charge on any atom is 0.307 e. The molecule has 4 nitrogen and oxygen atoms in total. The van der Waals surface area contributed by atoms with Crippen molar-refractivity contribution in [2.24, 2.45) is 34.5 Å². The zero-order valence-corrected chi connectivity index (χ0v) is 16.3. The van der Waals surface area contributed by atoms with Gasteiger partial charge in [0.05, 0.1) is 5.92 Å². The fourth-order valence-electron chi connectivity index (χ4n) is 7.37. The minimum absolute atomic E-state index is 0.0242. The van der Waals surface area contributed by atoms with Crippen LogP contribution in [-0.4, -0.2) is 23.1 Å². The van der Waals surface area contributed by atoms with Crippen molar-refractivity contribution < 1.29 is 19.4 Å². The molecule has 4 aliphatic rings. The van der Waals surface area contributed by atoms with E-state index in [4.69, 9.17) is 4.74 Å². The van der Waals surface area contributed by atoms with Crippen molar-refractivity contribution in [2.45, 2.75) is 78.2 Å². The minimum Gasteiger partial charge on any atom is -0.481 e. The second-order valence-electron chi connectivity index (χ2n) is 9.75. The van der Waals surface area contributed by atoms with Crippen LogP contribution < -0.4 is 0 Å². The van der Waals surface area contributed by atoms with Crippen molar-refractivity contribution in [1.29, 1.82) is 0 Å². The van der Waals surface area contributed by atoms with E-state index < -0.39 is 5.97 Å². The number of carbonyl (C=O) groups excluding carboxylic acids is 1. The molecule has 26 heavy (non-hydrogen) atoms. The number of fused-ring (bicyclic) bond motifs is 5. The predicted octanol–water partition coefficient (Wildman–Crippen LogP) is 4.58. The normalized spacial score (nSPS) is 47.2. The van der Waals surface area contributed by atoms with Gasteiger partial charge in [-0.05, 0) is 73.5 Å². The molecule has 144 valence electrons. The highest BCUT2D eigenvalue weighted by Crippen LogP contribution is 2.66. The van der Waals surface area contributed by atoms with Crippen LogP contribution in [0.2, 0.25) is 0 Å². The van der Waals surface area contributed by atoms with Gasteiger partial charge in [-0.1, -0.05) is 25.5 Å². The Morgan fingerprint density at radius 2 is 1.88 bits per heavy atom. The molecule has 4 aliphatic carbocycles. The summed E-state index contributed by atoms with van der Waals surface area (Å²) in [5, 5.41) is 9.70. The molecule has 0 aromatic heterocycles. The van der Waals surface area contributed by atoms with Crippen LogP contribution >= 0.6 is 0 Å². The summed E-state index contributed by atoms with van der Waals surface area (Å²) in [5.41, 5.74) is 1.68. The molecule has 0 aliphatic heterocycles. The molecule has 0 amide bonds. The molecule has 7 atom stereocenters. The highest BCUT2D eigenvalue weighted by atomic mass is 16.5. The minimum atomic E-state index is -0.589. The van der Waals surface area contributed by atoms with Gasteiger partial charge in [-0.3, -0.25) is 9.59 Å². The Hall–Kier alpha value is -1.32. The smallest absolute Gasteiger partial charge is 0.307 e. The fourth-order valence-corrected chi connectivity index (χ4v) is 7.37. The largest absolute Gasteiger partial charge is 0.481 e. The number of hydrogen-bond acceptors (Lipinski definition) is 3. The van der Waals surface area contributed by atoms with E-state index in [2.05, 4.69) is 19.9 Å². The van der Waals surface area contributed by atoms with Crippen molar-refractivity contribution in [3.63, 3.8) is 0 Å². The van der Waals surface area contributed by atoms with Crippen molar-refractivity contribution in [1.82, 2.24) is 0 Å². The first-order valence-corrected chi connectivity index (χ1v) is 10.4. The van der Waals surface area contributed by atoms with Gasteiger partial charge < -0.3 is 9.84 Å². The number of allylic oxidation sites excluding steroid dienone is 1. The summed E-state index contributed by atoms with van der Waals surface area (Å²) >= 11 is 0. The zero-order chi connectivity index (χ0) is 18.7. The Morgan fingerprint density at radius 1 is 1.12 bits per heavy atom. The van der Waals surface area contributed by atoms with E-state index in [0.29, 0.717) is 17.8 Å². The predicted molar refractivity (Wildman–Crippen MR) is 98.4 cm³/mol. The number of hydrogen-bond donors (Lipinski definition) is 1. The van der Waals surface area contributed by atoms with Crippen LogP contribution in [0, 0.1) is 34.5 Å². The van der Waals surface area contributed by atoms with Crippen molar-refractivity contribution in [3.8, 4) is 0 Å². The van der Waals surface area contributed by atoms with Crippen LogP contribution in [-0.2, 0) is 14.3 Å². The van der Waals surface area contributed by atoms with E-state index in [1.807, 2.05) is 0 Å². The second kappa shape index (κ2) is 6.10. The Labute approximate surface area is 156 Å². The first-order chi connectivity index (χ1) is 12.3. The summed E-state index contributed by atoms with van der Waals surface area (Å²) in [5.74, 6) is 0.901. The number of rotatable bonds is 2. The summed E-state index contributed by atoms with van der Waals surface area (Å²) in [6.45, 7) is 6.17. The van der Waals surface area contributed by atoms with Crippen LogP contribution in [0.1, 0.15) is 72.1 Å². The lowest BCUT2D eigenvalue weighted by atomic mass is 9.47. The average molecular weight is 360 g/mol. The number of aliphatic carboxylic acids is 1. The lowest BCUT2D eigenvalue weighted by Gasteiger charge is -2.57. The van der Waals surface area contributed by atoms with Gasteiger partial charge in [0.2, 0.25) is 0 Å². The topological polar surface area (TPSA) is 63.6 Å². The standard InChI is InChI=1S/C22H32O4/c1-13(23)26-15-8-10-21(2)14(12-15)4-5-16-17-6-7-19(20(24)25)22(17,3)11-9-18(16)21/h4,15-19H,5-12H2,1-3H3,(H,24,25)/t15-,16-,17+,18-,19+,21+,22-/m0/s1. The number of carbonyl (C=O) groups is 2. The highest BCUT2D eigenvalue weighted by molar-refractivity contribution is 5.71. The molecule has 0 saturated heterocycles. The summed E-state index contributed by atoms with van der Waals surface area (Å²) in [7, 11) is 0. The maximum absolute atomic E-state index is 11.8. The second-order valence-corrected chi connectivity index (χ2v) is 9.75.